The molecule has 0 atom stereocenters. The molecule has 1 heterocycles. The van der Waals surface area contributed by atoms with Crippen molar-refractivity contribution >= 4 is 21.8 Å². The summed E-state index contributed by atoms with van der Waals surface area (Å²) in [6, 6.07) is 21.1. The molecule has 0 amide bonds. The molecule has 130 valence electrons. The highest BCUT2D eigenvalue weighted by molar-refractivity contribution is 6.10. The van der Waals surface area contributed by atoms with Crippen molar-refractivity contribution in [3.8, 4) is 11.5 Å². The van der Waals surface area contributed by atoms with Gasteiger partial charge >= 0.3 is 0 Å². The molecule has 4 nitrogen and oxygen atoms in total. The van der Waals surface area contributed by atoms with Gasteiger partial charge in [-0.3, -0.25) is 4.79 Å². The fourth-order valence-corrected chi connectivity index (χ4v) is 3.36. The number of benzene rings is 2. The highest BCUT2D eigenvalue weighted by atomic mass is 16.5. The minimum atomic E-state index is -0.0454. The van der Waals surface area contributed by atoms with Gasteiger partial charge in [-0.05, 0) is 29.8 Å². The molecule has 26 heavy (non-hydrogen) atoms. The molecule has 0 aliphatic rings. The van der Waals surface area contributed by atoms with E-state index < -0.39 is 0 Å². The lowest BCUT2D eigenvalue weighted by Crippen LogP contribution is -2.02. The van der Waals surface area contributed by atoms with Crippen molar-refractivity contribution in [1.82, 2.24) is 4.57 Å². The Labute approximate surface area is 151 Å². The maximum absolute atomic E-state index is 12.6. The molecule has 0 aliphatic heterocycles. The van der Waals surface area contributed by atoms with Crippen LogP contribution in [0.15, 0.2) is 71.5 Å². The SMILES string of the molecule is COc1ccc(=O)c2c(c1)c1cccc(OCc3ccccc3)c1n2C. The van der Waals surface area contributed by atoms with Crippen LogP contribution in [0, 0.1) is 0 Å². The first-order valence-corrected chi connectivity index (χ1v) is 8.45. The van der Waals surface area contributed by atoms with E-state index in [0.717, 1.165) is 27.6 Å². The Bertz CT molecular complexity index is 1150. The Morgan fingerprint density at radius 3 is 2.46 bits per heavy atom. The molecular formula is C22H19NO3. The molecular weight excluding hydrogens is 326 g/mol. The molecule has 0 N–H and O–H groups in total. The summed E-state index contributed by atoms with van der Waals surface area (Å²) >= 11 is 0. The Balaban J connectivity index is 1.91. The number of nitrogens with zero attached hydrogens (tertiary/aromatic N) is 1. The summed E-state index contributed by atoms with van der Waals surface area (Å²) in [4.78, 5) is 12.6. The van der Waals surface area contributed by atoms with Gasteiger partial charge in [0.05, 0.1) is 18.1 Å². The van der Waals surface area contributed by atoms with E-state index >= 15 is 0 Å². The second kappa shape index (κ2) is 6.56. The first kappa shape index (κ1) is 16.2. The number of methoxy groups -OCH3 is 1. The van der Waals surface area contributed by atoms with Crippen LogP contribution in [0.1, 0.15) is 5.56 Å². The minimum absolute atomic E-state index is 0.0454. The molecule has 0 fully saturated rings. The molecule has 4 rings (SSSR count). The minimum Gasteiger partial charge on any atom is -0.497 e. The van der Waals surface area contributed by atoms with E-state index in [1.54, 1.807) is 19.2 Å². The fraction of sp³-hybridized carbons (Fsp3) is 0.136. The third kappa shape index (κ3) is 2.69. The lowest BCUT2D eigenvalue weighted by Gasteiger charge is -2.09. The van der Waals surface area contributed by atoms with Gasteiger partial charge in [0.15, 0.2) is 0 Å². The van der Waals surface area contributed by atoms with Crippen molar-refractivity contribution in [2.45, 2.75) is 6.61 Å². The van der Waals surface area contributed by atoms with E-state index in [9.17, 15) is 4.79 Å². The molecule has 0 radical (unpaired) electrons. The third-order valence-electron chi connectivity index (χ3n) is 4.61. The number of ether oxygens (including phenoxy) is 2. The van der Waals surface area contributed by atoms with Crippen LogP contribution in [-0.4, -0.2) is 11.7 Å². The largest absolute Gasteiger partial charge is 0.497 e. The van der Waals surface area contributed by atoms with Crippen LogP contribution >= 0.6 is 0 Å². The molecule has 0 aliphatic carbocycles. The van der Waals surface area contributed by atoms with Crippen molar-refractivity contribution < 1.29 is 9.47 Å². The van der Waals surface area contributed by atoms with Crippen molar-refractivity contribution in [2.75, 3.05) is 7.11 Å². The number of hydrogen-bond acceptors (Lipinski definition) is 3. The fourth-order valence-electron chi connectivity index (χ4n) is 3.36. The first-order valence-electron chi connectivity index (χ1n) is 8.45. The Morgan fingerprint density at radius 2 is 1.69 bits per heavy atom. The average Bonchev–Trinajstić information content (AvgIpc) is 2.84. The maximum atomic E-state index is 12.6. The predicted octanol–water partition coefficient (Wildman–Crippen LogP) is 4.28. The van der Waals surface area contributed by atoms with Gasteiger partial charge in [-0.1, -0.05) is 42.5 Å². The van der Waals surface area contributed by atoms with Crippen molar-refractivity contribution in [3.05, 3.63) is 82.5 Å². The van der Waals surface area contributed by atoms with Crippen LogP contribution in [-0.2, 0) is 13.7 Å². The lowest BCUT2D eigenvalue weighted by molar-refractivity contribution is 0.309. The van der Waals surface area contributed by atoms with E-state index in [1.807, 2.05) is 66.2 Å². The Morgan fingerprint density at radius 1 is 0.885 bits per heavy atom. The van der Waals surface area contributed by atoms with E-state index in [-0.39, 0.29) is 5.43 Å². The van der Waals surface area contributed by atoms with Gasteiger partial charge in [-0.2, -0.15) is 0 Å². The Kier molecular flexibility index (Phi) is 4.09. The van der Waals surface area contributed by atoms with Gasteiger partial charge in [0.2, 0.25) is 5.43 Å². The molecule has 3 aromatic carbocycles. The van der Waals surface area contributed by atoms with Crippen LogP contribution < -0.4 is 14.9 Å². The van der Waals surface area contributed by atoms with Gasteiger partial charge in [0.25, 0.3) is 0 Å². The number of fused-ring (bicyclic) bond motifs is 3. The van der Waals surface area contributed by atoms with Gasteiger partial charge in [-0.25, -0.2) is 0 Å². The predicted molar refractivity (Wildman–Crippen MR) is 104 cm³/mol. The number of aromatic nitrogens is 1. The summed E-state index contributed by atoms with van der Waals surface area (Å²) in [5, 5.41) is 1.83. The second-order valence-electron chi connectivity index (χ2n) is 6.20. The zero-order valence-electron chi connectivity index (χ0n) is 14.7. The zero-order valence-corrected chi connectivity index (χ0v) is 14.7. The molecule has 1 aromatic heterocycles. The van der Waals surface area contributed by atoms with E-state index in [4.69, 9.17) is 9.47 Å². The summed E-state index contributed by atoms with van der Waals surface area (Å²) < 4.78 is 13.3. The molecule has 0 saturated heterocycles. The number of aryl methyl sites for hydroxylation is 1. The number of para-hydroxylation sites is 1. The lowest BCUT2D eigenvalue weighted by atomic mass is 10.2. The zero-order chi connectivity index (χ0) is 18.1. The summed E-state index contributed by atoms with van der Waals surface area (Å²) in [7, 11) is 3.50. The van der Waals surface area contributed by atoms with E-state index in [0.29, 0.717) is 17.9 Å². The van der Waals surface area contributed by atoms with Crippen molar-refractivity contribution in [1.29, 1.82) is 0 Å². The molecule has 0 bridgehead atoms. The smallest absolute Gasteiger partial charge is 0.202 e. The van der Waals surface area contributed by atoms with Crippen LogP contribution in [0.4, 0.5) is 0 Å². The van der Waals surface area contributed by atoms with E-state index in [2.05, 4.69) is 0 Å². The number of hydrogen-bond donors (Lipinski definition) is 0. The third-order valence-corrected chi connectivity index (χ3v) is 4.61. The highest BCUT2D eigenvalue weighted by Gasteiger charge is 2.15. The van der Waals surface area contributed by atoms with Crippen LogP contribution in [0.3, 0.4) is 0 Å². The van der Waals surface area contributed by atoms with Gasteiger partial charge in [-0.15, -0.1) is 0 Å². The molecule has 4 heteroatoms. The highest BCUT2D eigenvalue weighted by Crippen LogP contribution is 2.34. The van der Waals surface area contributed by atoms with Crippen molar-refractivity contribution in [3.63, 3.8) is 0 Å². The van der Waals surface area contributed by atoms with Crippen LogP contribution in [0.2, 0.25) is 0 Å². The monoisotopic (exact) mass is 345 g/mol. The summed E-state index contributed by atoms with van der Waals surface area (Å²) in [6.07, 6.45) is 0. The van der Waals surface area contributed by atoms with E-state index in [1.165, 1.54) is 0 Å². The quantitative estimate of drug-likeness (QED) is 0.554. The Hall–Kier alpha value is -3.27. The number of rotatable bonds is 4. The van der Waals surface area contributed by atoms with Crippen molar-refractivity contribution in [2.24, 2.45) is 7.05 Å². The van der Waals surface area contributed by atoms with Crippen LogP contribution in [0.5, 0.6) is 11.5 Å². The molecule has 0 saturated carbocycles. The topological polar surface area (TPSA) is 40.5 Å². The molecule has 0 spiro atoms. The van der Waals surface area contributed by atoms with Gasteiger partial charge < -0.3 is 14.0 Å². The normalized spacial score (nSPS) is 11.0. The summed E-state index contributed by atoms with van der Waals surface area (Å²) in [5.41, 5.74) is 2.60. The van der Waals surface area contributed by atoms with Gasteiger partial charge in [0.1, 0.15) is 18.1 Å². The van der Waals surface area contributed by atoms with Crippen LogP contribution in [0.25, 0.3) is 21.8 Å². The first-order chi connectivity index (χ1) is 12.7. The second-order valence-corrected chi connectivity index (χ2v) is 6.20. The molecule has 4 aromatic rings. The molecule has 0 unspecified atom stereocenters. The maximum Gasteiger partial charge on any atom is 0.202 e. The van der Waals surface area contributed by atoms with Gasteiger partial charge in [0, 0.05) is 17.8 Å². The average molecular weight is 345 g/mol. The standard InChI is InChI=1S/C22H19NO3/c1-23-21-18(13-16(25-2)11-12-19(21)24)17-9-6-10-20(22(17)23)26-14-15-7-4-3-5-8-15/h3-13H,14H2,1-2H3. The summed E-state index contributed by atoms with van der Waals surface area (Å²) in [5.74, 6) is 1.41. The summed E-state index contributed by atoms with van der Waals surface area (Å²) in [6.45, 7) is 0.475.